The van der Waals surface area contributed by atoms with Gasteiger partial charge in [-0.2, -0.15) is 0 Å². The number of hydrogen-bond acceptors (Lipinski definition) is 2. The summed E-state index contributed by atoms with van der Waals surface area (Å²) in [6, 6.07) is 5.96. The number of ether oxygens (including phenoxy) is 1. The zero-order chi connectivity index (χ0) is 11.5. The quantitative estimate of drug-likeness (QED) is 0.887. The van der Waals surface area contributed by atoms with Gasteiger partial charge in [0, 0.05) is 18.6 Å². The van der Waals surface area contributed by atoms with Gasteiger partial charge in [-0.1, -0.05) is 29.3 Å². The molecule has 4 heteroatoms. The van der Waals surface area contributed by atoms with Gasteiger partial charge in [0.2, 0.25) is 0 Å². The van der Waals surface area contributed by atoms with Crippen molar-refractivity contribution in [3.05, 3.63) is 33.8 Å². The van der Waals surface area contributed by atoms with E-state index in [9.17, 15) is 0 Å². The highest BCUT2D eigenvalue weighted by Crippen LogP contribution is 2.25. The van der Waals surface area contributed by atoms with Crippen LogP contribution in [0.5, 0.6) is 0 Å². The van der Waals surface area contributed by atoms with Gasteiger partial charge in [-0.05, 0) is 30.5 Å². The Kier molecular flexibility index (Phi) is 4.09. The van der Waals surface area contributed by atoms with Gasteiger partial charge in [-0.25, -0.2) is 0 Å². The van der Waals surface area contributed by atoms with E-state index < -0.39 is 0 Å². The summed E-state index contributed by atoms with van der Waals surface area (Å²) in [7, 11) is 0. The minimum atomic E-state index is 0.225. The van der Waals surface area contributed by atoms with E-state index >= 15 is 0 Å². The molecule has 16 heavy (non-hydrogen) atoms. The molecule has 2 N–H and O–H groups in total. The molecule has 1 aromatic carbocycles. The molecular weight excluding hydrogens is 245 g/mol. The van der Waals surface area contributed by atoms with Crippen LogP contribution in [0, 0.1) is 5.92 Å². The normalized spacial score (nSPS) is 25.7. The second-order valence-electron chi connectivity index (χ2n) is 4.24. The Balaban J connectivity index is 2.05. The van der Waals surface area contributed by atoms with Crippen molar-refractivity contribution in [1.29, 1.82) is 0 Å². The average Bonchev–Trinajstić information content (AvgIpc) is 2.27. The zero-order valence-corrected chi connectivity index (χ0v) is 10.5. The highest BCUT2D eigenvalue weighted by atomic mass is 35.5. The van der Waals surface area contributed by atoms with E-state index in [1.807, 2.05) is 18.2 Å². The molecule has 1 saturated heterocycles. The van der Waals surface area contributed by atoms with Gasteiger partial charge in [-0.15, -0.1) is 0 Å². The van der Waals surface area contributed by atoms with Crippen molar-refractivity contribution in [3.63, 3.8) is 0 Å². The summed E-state index contributed by atoms with van der Waals surface area (Å²) in [5, 5.41) is 1.19. The molecule has 88 valence electrons. The highest BCUT2D eigenvalue weighted by Gasteiger charge is 2.22. The third-order valence-electron chi connectivity index (χ3n) is 3.01. The average molecular weight is 260 g/mol. The minimum Gasteiger partial charge on any atom is -0.381 e. The van der Waals surface area contributed by atoms with Crippen molar-refractivity contribution in [2.45, 2.75) is 18.9 Å². The lowest BCUT2D eigenvalue weighted by Gasteiger charge is -2.28. The third kappa shape index (κ3) is 2.89. The summed E-state index contributed by atoms with van der Waals surface area (Å²) >= 11 is 11.8. The van der Waals surface area contributed by atoms with Crippen LogP contribution in [0.1, 0.15) is 12.0 Å². The molecule has 1 aliphatic rings. The molecule has 0 radical (unpaired) electrons. The lowest BCUT2D eigenvalue weighted by atomic mass is 9.90. The first-order chi connectivity index (χ1) is 7.66. The molecular formula is C12H15Cl2NO. The Hall–Kier alpha value is -0.280. The molecule has 1 aromatic rings. The van der Waals surface area contributed by atoms with Crippen molar-refractivity contribution in [2.24, 2.45) is 11.7 Å². The lowest BCUT2D eigenvalue weighted by molar-refractivity contribution is 0.0422. The van der Waals surface area contributed by atoms with Gasteiger partial charge >= 0.3 is 0 Å². The van der Waals surface area contributed by atoms with E-state index in [0.717, 1.165) is 26.1 Å². The first kappa shape index (κ1) is 12.2. The topological polar surface area (TPSA) is 35.2 Å². The summed E-state index contributed by atoms with van der Waals surface area (Å²) in [4.78, 5) is 0. The fraction of sp³-hybridized carbons (Fsp3) is 0.500. The predicted octanol–water partition coefficient (Wildman–Crippen LogP) is 2.90. The Labute approximate surface area is 106 Å². The lowest BCUT2D eigenvalue weighted by Crippen LogP contribution is -2.39. The molecule has 1 aliphatic heterocycles. The van der Waals surface area contributed by atoms with E-state index in [2.05, 4.69) is 0 Å². The smallest absolute Gasteiger partial charge is 0.0595 e. The van der Waals surface area contributed by atoms with Gasteiger partial charge in [0.05, 0.1) is 16.7 Å². The van der Waals surface area contributed by atoms with Crippen molar-refractivity contribution in [1.82, 2.24) is 0 Å². The molecule has 0 unspecified atom stereocenters. The summed E-state index contributed by atoms with van der Waals surface area (Å²) < 4.78 is 5.44. The number of halogens is 2. The van der Waals surface area contributed by atoms with E-state index in [4.69, 9.17) is 33.7 Å². The molecule has 1 heterocycles. The van der Waals surface area contributed by atoms with Crippen LogP contribution < -0.4 is 5.73 Å². The van der Waals surface area contributed by atoms with Gasteiger partial charge in [0.1, 0.15) is 0 Å². The SMILES string of the molecule is N[C@H]1CCOC[C@H]1Cc1ccc(Cl)c(Cl)c1. The number of rotatable bonds is 2. The second-order valence-corrected chi connectivity index (χ2v) is 5.05. The standard InChI is InChI=1S/C12H15Cl2NO/c13-10-2-1-8(6-11(10)14)5-9-7-16-4-3-12(9)15/h1-2,6,9,12H,3-5,7,15H2/t9-,12+/m1/s1. The van der Waals surface area contributed by atoms with Crippen molar-refractivity contribution >= 4 is 23.2 Å². The number of nitrogens with two attached hydrogens (primary N) is 1. The van der Waals surface area contributed by atoms with Gasteiger partial charge in [-0.3, -0.25) is 0 Å². The molecule has 2 nitrogen and oxygen atoms in total. The van der Waals surface area contributed by atoms with E-state index in [1.54, 1.807) is 0 Å². The molecule has 0 saturated carbocycles. The molecule has 2 atom stereocenters. The number of benzene rings is 1. The van der Waals surface area contributed by atoms with Gasteiger partial charge < -0.3 is 10.5 Å². The molecule has 0 aliphatic carbocycles. The van der Waals surface area contributed by atoms with Crippen LogP contribution in [0.25, 0.3) is 0 Å². The highest BCUT2D eigenvalue weighted by molar-refractivity contribution is 6.42. The van der Waals surface area contributed by atoms with Crippen LogP contribution in [0.3, 0.4) is 0 Å². The molecule has 0 bridgehead atoms. The van der Waals surface area contributed by atoms with Crippen LogP contribution in [0.4, 0.5) is 0 Å². The summed E-state index contributed by atoms with van der Waals surface area (Å²) in [6.45, 7) is 1.51. The first-order valence-corrected chi connectivity index (χ1v) is 6.19. The van der Waals surface area contributed by atoms with Crippen LogP contribution in [-0.2, 0) is 11.2 Å². The fourth-order valence-corrected chi connectivity index (χ4v) is 2.31. The van der Waals surface area contributed by atoms with Gasteiger partial charge in [0.25, 0.3) is 0 Å². The second kappa shape index (κ2) is 5.37. The monoisotopic (exact) mass is 259 g/mol. The molecule has 0 aromatic heterocycles. The van der Waals surface area contributed by atoms with E-state index in [-0.39, 0.29) is 6.04 Å². The van der Waals surface area contributed by atoms with Crippen LogP contribution in [0.2, 0.25) is 10.0 Å². The Morgan fingerprint density at radius 1 is 1.31 bits per heavy atom. The van der Waals surface area contributed by atoms with Crippen molar-refractivity contribution in [3.8, 4) is 0 Å². The minimum absolute atomic E-state index is 0.225. The van der Waals surface area contributed by atoms with Crippen LogP contribution in [0.15, 0.2) is 18.2 Å². The third-order valence-corrected chi connectivity index (χ3v) is 3.75. The maximum Gasteiger partial charge on any atom is 0.0595 e. The largest absolute Gasteiger partial charge is 0.381 e. The summed E-state index contributed by atoms with van der Waals surface area (Å²) in [5.74, 6) is 0.381. The molecule has 1 fully saturated rings. The predicted molar refractivity (Wildman–Crippen MR) is 67.1 cm³/mol. The first-order valence-electron chi connectivity index (χ1n) is 5.44. The summed E-state index contributed by atoms with van der Waals surface area (Å²) in [6.07, 6.45) is 1.84. The maximum atomic E-state index is 6.06. The Morgan fingerprint density at radius 2 is 2.12 bits per heavy atom. The van der Waals surface area contributed by atoms with Gasteiger partial charge in [0.15, 0.2) is 0 Å². The van der Waals surface area contributed by atoms with Crippen molar-refractivity contribution in [2.75, 3.05) is 13.2 Å². The fourth-order valence-electron chi connectivity index (χ4n) is 1.99. The molecule has 0 spiro atoms. The zero-order valence-electron chi connectivity index (χ0n) is 8.96. The Bertz CT molecular complexity index is 370. The summed E-state index contributed by atoms with van der Waals surface area (Å²) in [5.41, 5.74) is 7.22. The van der Waals surface area contributed by atoms with E-state index in [0.29, 0.717) is 16.0 Å². The Morgan fingerprint density at radius 3 is 2.81 bits per heavy atom. The van der Waals surface area contributed by atoms with E-state index in [1.165, 1.54) is 5.56 Å². The molecule has 0 amide bonds. The maximum absolute atomic E-state index is 6.06. The van der Waals surface area contributed by atoms with Crippen molar-refractivity contribution < 1.29 is 4.74 Å². The molecule has 2 rings (SSSR count). The van der Waals surface area contributed by atoms with Crippen LogP contribution >= 0.6 is 23.2 Å². The van der Waals surface area contributed by atoms with Crippen LogP contribution in [-0.4, -0.2) is 19.3 Å². The number of hydrogen-bond donors (Lipinski definition) is 1.